The molecule has 0 atom stereocenters. The Labute approximate surface area is 146 Å². The molecule has 0 aliphatic heterocycles. The number of unbranched alkanes of at least 4 members (excludes halogenated alkanes) is 5. The Balaban J connectivity index is 1.73. The number of hydrogen-bond acceptors (Lipinski definition) is 3. The van der Waals surface area contributed by atoms with Crippen molar-refractivity contribution < 1.29 is 4.74 Å². The van der Waals surface area contributed by atoms with Crippen LogP contribution in [0.4, 0.5) is 0 Å². The van der Waals surface area contributed by atoms with E-state index in [1.807, 2.05) is 12.1 Å². The van der Waals surface area contributed by atoms with Crippen LogP contribution in [0.2, 0.25) is 0 Å². The van der Waals surface area contributed by atoms with Gasteiger partial charge in [0.05, 0.1) is 12.3 Å². The fourth-order valence-corrected chi connectivity index (χ4v) is 2.65. The highest BCUT2D eigenvalue weighted by Crippen LogP contribution is 2.21. The number of rotatable bonds is 12. The number of aromatic amines is 1. The molecule has 1 aromatic carbocycles. The molecular weight excluding hydrogens is 298 g/mol. The lowest BCUT2D eigenvalue weighted by molar-refractivity contribution is 0.304. The zero-order valence-corrected chi connectivity index (χ0v) is 15.1. The lowest BCUT2D eigenvalue weighted by Crippen LogP contribution is -2.11. The van der Waals surface area contributed by atoms with Gasteiger partial charge >= 0.3 is 0 Å². The molecule has 0 aliphatic carbocycles. The van der Waals surface area contributed by atoms with Gasteiger partial charge in [0.25, 0.3) is 0 Å². The van der Waals surface area contributed by atoms with Crippen molar-refractivity contribution in [2.75, 3.05) is 13.2 Å². The van der Waals surface area contributed by atoms with Crippen molar-refractivity contribution in [2.24, 2.45) is 0 Å². The number of H-pyrrole nitrogens is 1. The molecule has 2 aromatic rings. The van der Waals surface area contributed by atoms with Crippen molar-refractivity contribution >= 4 is 0 Å². The normalized spacial score (nSPS) is 10.9. The lowest BCUT2D eigenvalue weighted by atomic mass is 10.1. The van der Waals surface area contributed by atoms with Gasteiger partial charge in [-0.25, -0.2) is 0 Å². The summed E-state index contributed by atoms with van der Waals surface area (Å²) in [6, 6.07) is 10.3. The molecule has 1 heterocycles. The van der Waals surface area contributed by atoms with Gasteiger partial charge < -0.3 is 10.1 Å². The zero-order valence-electron chi connectivity index (χ0n) is 15.1. The molecular formula is C20H31N3O. The van der Waals surface area contributed by atoms with Crippen LogP contribution in [-0.4, -0.2) is 23.3 Å². The maximum atomic E-state index is 5.82. The van der Waals surface area contributed by atoms with E-state index in [2.05, 4.69) is 47.6 Å². The zero-order chi connectivity index (χ0) is 17.0. The average Bonchev–Trinajstić information content (AvgIpc) is 3.08. The first-order valence-electron chi connectivity index (χ1n) is 9.31. The molecule has 1 aromatic heterocycles. The van der Waals surface area contributed by atoms with Crippen LogP contribution in [0.5, 0.6) is 5.75 Å². The van der Waals surface area contributed by atoms with E-state index in [1.54, 1.807) is 0 Å². The van der Waals surface area contributed by atoms with E-state index in [1.165, 1.54) is 32.1 Å². The molecule has 4 heteroatoms. The first-order valence-corrected chi connectivity index (χ1v) is 9.31. The molecule has 0 fully saturated rings. The first-order chi connectivity index (χ1) is 11.8. The Morgan fingerprint density at radius 2 is 1.75 bits per heavy atom. The van der Waals surface area contributed by atoms with E-state index in [0.29, 0.717) is 0 Å². The summed E-state index contributed by atoms with van der Waals surface area (Å²) in [5, 5.41) is 10.7. The smallest absolute Gasteiger partial charge is 0.119 e. The monoisotopic (exact) mass is 329 g/mol. The maximum Gasteiger partial charge on any atom is 0.119 e. The molecule has 132 valence electrons. The minimum absolute atomic E-state index is 0.806. The molecule has 0 unspecified atom stereocenters. The summed E-state index contributed by atoms with van der Waals surface area (Å²) < 4.78 is 5.82. The summed E-state index contributed by atoms with van der Waals surface area (Å²) in [4.78, 5) is 0. The summed E-state index contributed by atoms with van der Waals surface area (Å²) in [5.74, 6) is 0.940. The Kier molecular flexibility index (Phi) is 8.39. The van der Waals surface area contributed by atoms with Crippen LogP contribution in [0.3, 0.4) is 0 Å². The predicted molar refractivity (Wildman–Crippen MR) is 100 cm³/mol. The predicted octanol–water partition coefficient (Wildman–Crippen LogP) is 4.93. The second kappa shape index (κ2) is 10.9. The first kappa shape index (κ1) is 18.5. The van der Waals surface area contributed by atoms with E-state index in [9.17, 15) is 0 Å². The van der Waals surface area contributed by atoms with Gasteiger partial charge in [-0.15, -0.1) is 0 Å². The molecule has 0 amide bonds. The number of nitrogens with zero attached hydrogens (tertiary/aromatic N) is 1. The SMILES string of the molecule is CCCCCCCCOc1ccc(-c2cc(CNCC)[nH]n2)cc1. The largest absolute Gasteiger partial charge is 0.494 e. The second-order valence-corrected chi connectivity index (χ2v) is 6.20. The Morgan fingerprint density at radius 3 is 2.50 bits per heavy atom. The fraction of sp³-hybridized carbons (Fsp3) is 0.550. The number of ether oxygens (including phenoxy) is 1. The van der Waals surface area contributed by atoms with E-state index >= 15 is 0 Å². The van der Waals surface area contributed by atoms with E-state index in [4.69, 9.17) is 4.74 Å². The minimum atomic E-state index is 0.806. The summed E-state index contributed by atoms with van der Waals surface area (Å²) in [6.07, 6.45) is 7.73. The fourth-order valence-electron chi connectivity index (χ4n) is 2.65. The van der Waals surface area contributed by atoms with Gasteiger partial charge in [-0.3, -0.25) is 5.10 Å². The van der Waals surface area contributed by atoms with Crippen LogP contribution in [-0.2, 0) is 6.54 Å². The summed E-state index contributed by atoms with van der Waals surface area (Å²) in [5.41, 5.74) is 3.20. The number of nitrogens with one attached hydrogen (secondary N) is 2. The standard InChI is InChI=1S/C20H31N3O/c1-3-5-6-7-8-9-14-24-19-12-10-17(11-13-19)20-15-18(22-23-20)16-21-4-2/h10-13,15,21H,3-9,14,16H2,1-2H3,(H,22,23). The summed E-state index contributed by atoms with van der Waals surface area (Å²) >= 11 is 0. The van der Waals surface area contributed by atoms with Crippen molar-refractivity contribution in [2.45, 2.75) is 58.9 Å². The van der Waals surface area contributed by atoms with E-state index in [0.717, 1.165) is 48.8 Å². The molecule has 2 rings (SSSR count). The van der Waals surface area contributed by atoms with Crippen LogP contribution >= 0.6 is 0 Å². The van der Waals surface area contributed by atoms with Gasteiger partial charge in [0.1, 0.15) is 5.75 Å². The van der Waals surface area contributed by atoms with Gasteiger partial charge in [-0.2, -0.15) is 5.10 Å². The molecule has 0 saturated carbocycles. The topological polar surface area (TPSA) is 49.9 Å². The van der Waals surface area contributed by atoms with Crippen molar-refractivity contribution in [3.05, 3.63) is 36.0 Å². The third kappa shape index (κ3) is 6.36. The highest BCUT2D eigenvalue weighted by Gasteiger charge is 2.04. The molecule has 0 radical (unpaired) electrons. The lowest BCUT2D eigenvalue weighted by Gasteiger charge is -2.06. The molecule has 0 aliphatic rings. The van der Waals surface area contributed by atoms with Gasteiger partial charge in [0, 0.05) is 17.8 Å². The molecule has 0 saturated heterocycles. The average molecular weight is 329 g/mol. The molecule has 4 nitrogen and oxygen atoms in total. The third-order valence-electron chi connectivity index (χ3n) is 4.11. The second-order valence-electron chi connectivity index (χ2n) is 6.20. The maximum absolute atomic E-state index is 5.82. The highest BCUT2D eigenvalue weighted by atomic mass is 16.5. The van der Waals surface area contributed by atoms with Gasteiger partial charge in [-0.05, 0) is 43.3 Å². The van der Waals surface area contributed by atoms with Crippen molar-refractivity contribution in [1.29, 1.82) is 0 Å². The minimum Gasteiger partial charge on any atom is -0.494 e. The van der Waals surface area contributed by atoms with Crippen molar-refractivity contribution in [3.8, 4) is 17.0 Å². The Morgan fingerprint density at radius 1 is 1.00 bits per heavy atom. The van der Waals surface area contributed by atoms with Crippen LogP contribution < -0.4 is 10.1 Å². The van der Waals surface area contributed by atoms with Gasteiger partial charge in [-0.1, -0.05) is 46.0 Å². The van der Waals surface area contributed by atoms with Crippen LogP contribution in [0.1, 0.15) is 58.1 Å². The molecule has 2 N–H and O–H groups in total. The number of hydrogen-bond donors (Lipinski definition) is 2. The van der Waals surface area contributed by atoms with E-state index in [-0.39, 0.29) is 0 Å². The Bertz CT molecular complexity index is 563. The molecule has 0 bridgehead atoms. The molecule has 24 heavy (non-hydrogen) atoms. The number of benzene rings is 1. The molecule has 0 spiro atoms. The van der Waals surface area contributed by atoms with Crippen LogP contribution in [0.25, 0.3) is 11.3 Å². The summed E-state index contributed by atoms with van der Waals surface area (Å²) in [6.45, 7) is 6.93. The van der Waals surface area contributed by atoms with Crippen LogP contribution in [0.15, 0.2) is 30.3 Å². The highest BCUT2D eigenvalue weighted by molar-refractivity contribution is 5.60. The van der Waals surface area contributed by atoms with E-state index < -0.39 is 0 Å². The summed E-state index contributed by atoms with van der Waals surface area (Å²) in [7, 11) is 0. The van der Waals surface area contributed by atoms with Gasteiger partial charge in [0.2, 0.25) is 0 Å². The van der Waals surface area contributed by atoms with Crippen molar-refractivity contribution in [3.63, 3.8) is 0 Å². The third-order valence-corrected chi connectivity index (χ3v) is 4.11. The van der Waals surface area contributed by atoms with Crippen molar-refractivity contribution in [1.82, 2.24) is 15.5 Å². The van der Waals surface area contributed by atoms with Gasteiger partial charge in [0.15, 0.2) is 0 Å². The number of aromatic nitrogens is 2. The Hall–Kier alpha value is -1.81. The quantitative estimate of drug-likeness (QED) is 0.543. The van der Waals surface area contributed by atoms with Crippen LogP contribution in [0, 0.1) is 0 Å².